The Balaban J connectivity index is 1.96. The average Bonchev–Trinajstić information content (AvgIpc) is 2.67. The predicted octanol–water partition coefficient (Wildman–Crippen LogP) is 3.11. The van der Waals surface area contributed by atoms with Gasteiger partial charge < -0.3 is 20.3 Å². The van der Waals surface area contributed by atoms with E-state index < -0.39 is 0 Å². The summed E-state index contributed by atoms with van der Waals surface area (Å²) in [5.41, 5.74) is 2.71. The van der Waals surface area contributed by atoms with Crippen LogP contribution in [0, 0.1) is 12.7 Å². The van der Waals surface area contributed by atoms with Crippen LogP contribution in [-0.4, -0.2) is 45.7 Å². The molecule has 2 N–H and O–H groups in total. The number of nitrogens with zero attached hydrogens (tertiary/aromatic N) is 2. The highest BCUT2D eigenvalue weighted by atomic mass is 19.1. The summed E-state index contributed by atoms with van der Waals surface area (Å²) < 4.78 is 18.9. The molecule has 0 heterocycles. The number of nitrogens with one attached hydrogen (secondary N) is 2. The van der Waals surface area contributed by atoms with Crippen LogP contribution >= 0.6 is 0 Å². The van der Waals surface area contributed by atoms with Crippen molar-refractivity contribution in [3.63, 3.8) is 0 Å². The molecule has 0 amide bonds. The molecular formula is C21H29FN4O. The normalized spacial score (nSPS) is 12.8. The van der Waals surface area contributed by atoms with Crippen LogP contribution in [0.25, 0.3) is 0 Å². The number of aryl methyl sites for hydroxylation is 1. The monoisotopic (exact) mass is 372 g/mol. The van der Waals surface area contributed by atoms with Crippen molar-refractivity contribution in [1.82, 2.24) is 15.5 Å². The van der Waals surface area contributed by atoms with Crippen LogP contribution in [0.2, 0.25) is 0 Å². The summed E-state index contributed by atoms with van der Waals surface area (Å²) in [5, 5.41) is 6.58. The molecule has 1 unspecified atom stereocenters. The van der Waals surface area contributed by atoms with Crippen LogP contribution < -0.4 is 15.4 Å². The second-order valence-electron chi connectivity index (χ2n) is 6.64. The fraction of sp³-hybridized carbons (Fsp3) is 0.381. The van der Waals surface area contributed by atoms with E-state index >= 15 is 0 Å². The first-order chi connectivity index (χ1) is 12.9. The van der Waals surface area contributed by atoms with Crippen molar-refractivity contribution < 1.29 is 9.13 Å². The van der Waals surface area contributed by atoms with Gasteiger partial charge in [-0.15, -0.1) is 0 Å². The molecule has 0 saturated heterocycles. The third-order valence-corrected chi connectivity index (χ3v) is 4.51. The number of aliphatic imine (C=N–C) groups is 1. The maximum atomic E-state index is 13.7. The molecule has 2 rings (SSSR count). The van der Waals surface area contributed by atoms with Gasteiger partial charge in [0.2, 0.25) is 0 Å². The minimum absolute atomic E-state index is 0.172. The van der Waals surface area contributed by atoms with Crippen LogP contribution in [0.4, 0.5) is 4.39 Å². The van der Waals surface area contributed by atoms with Gasteiger partial charge >= 0.3 is 0 Å². The highest BCUT2D eigenvalue weighted by Gasteiger charge is 2.15. The average molecular weight is 372 g/mol. The van der Waals surface area contributed by atoms with Crippen molar-refractivity contribution in [2.24, 2.45) is 4.99 Å². The van der Waals surface area contributed by atoms with Crippen molar-refractivity contribution in [2.75, 3.05) is 34.8 Å². The maximum Gasteiger partial charge on any atom is 0.191 e. The Kier molecular flexibility index (Phi) is 7.61. The number of benzene rings is 2. The minimum atomic E-state index is -0.190. The molecule has 2 aromatic rings. The van der Waals surface area contributed by atoms with Crippen LogP contribution in [-0.2, 0) is 6.54 Å². The molecule has 0 saturated carbocycles. The molecule has 0 aliphatic rings. The van der Waals surface area contributed by atoms with Gasteiger partial charge in [0, 0.05) is 20.1 Å². The highest BCUT2D eigenvalue weighted by Crippen LogP contribution is 2.20. The van der Waals surface area contributed by atoms with Crippen LogP contribution in [0.15, 0.2) is 47.5 Å². The lowest BCUT2D eigenvalue weighted by Crippen LogP contribution is -2.41. The third-order valence-electron chi connectivity index (χ3n) is 4.51. The van der Waals surface area contributed by atoms with Crippen LogP contribution in [0.1, 0.15) is 22.7 Å². The van der Waals surface area contributed by atoms with Crippen molar-refractivity contribution in [1.29, 1.82) is 0 Å². The third kappa shape index (κ3) is 5.96. The number of guanidine groups is 1. The summed E-state index contributed by atoms with van der Waals surface area (Å²) in [7, 11) is 7.47. The minimum Gasteiger partial charge on any atom is -0.497 e. The van der Waals surface area contributed by atoms with Gasteiger partial charge in [-0.3, -0.25) is 4.99 Å². The predicted molar refractivity (Wildman–Crippen MR) is 109 cm³/mol. The topological polar surface area (TPSA) is 48.9 Å². The van der Waals surface area contributed by atoms with E-state index in [2.05, 4.69) is 32.7 Å². The smallest absolute Gasteiger partial charge is 0.191 e. The Morgan fingerprint density at radius 3 is 2.41 bits per heavy atom. The molecule has 0 spiro atoms. The van der Waals surface area contributed by atoms with E-state index in [4.69, 9.17) is 4.74 Å². The Labute approximate surface area is 161 Å². The number of ether oxygens (including phenoxy) is 1. The SMILES string of the molecule is CN=C(NCc1ccc(C)c(F)c1)NCC(c1ccc(OC)cc1)N(C)C. The summed E-state index contributed by atoms with van der Waals surface area (Å²) in [6.07, 6.45) is 0. The van der Waals surface area contributed by atoms with Gasteiger partial charge in [0.25, 0.3) is 0 Å². The van der Waals surface area contributed by atoms with Crippen molar-refractivity contribution in [3.8, 4) is 5.75 Å². The molecular weight excluding hydrogens is 343 g/mol. The van der Waals surface area contributed by atoms with Gasteiger partial charge in [-0.2, -0.15) is 0 Å². The molecule has 0 radical (unpaired) electrons. The number of halogens is 1. The first kappa shape index (κ1) is 20.7. The van der Waals surface area contributed by atoms with E-state index in [1.807, 2.05) is 32.3 Å². The lowest BCUT2D eigenvalue weighted by atomic mass is 10.1. The van der Waals surface area contributed by atoms with Crippen LogP contribution in [0.3, 0.4) is 0 Å². The van der Waals surface area contributed by atoms with Gasteiger partial charge in [0.1, 0.15) is 11.6 Å². The molecule has 2 aromatic carbocycles. The van der Waals surface area contributed by atoms with Crippen LogP contribution in [0.5, 0.6) is 5.75 Å². The molecule has 0 aliphatic heterocycles. The van der Waals surface area contributed by atoms with Crippen molar-refractivity contribution >= 4 is 5.96 Å². The quantitative estimate of drug-likeness (QED) is 0.579. The van der Waals surface area contributed by atoms with Crippen molar-refractivity contribution in [2.45, 2.75) is 19.5 Å². The second kappa shape index (κ2) is 9.92. The largest absolute Gasteiger partial charge is 0.497 e. The van der Waals surface area contributed by atoms with E-state index in [0.29, 0.717) is 24.6 Å². The van der Waals surface area contributed by atoms with E-state index in [-0.39, 0.29) is 11.9 Å². The molecule has 6 heteroatoms. The van der Waals surface area contributed by atoms with Gasteiger partial charge in [-0.05, 0) is 55.9 Å². The molecule has 0 aliphatic carbocycles. The Morgan fingerprint density at radius 1 is 1.15 bits per heavy atom. The fourth-order valence-electron chi connectivity index (χ4n) is 2.77. The maximum absolute atomic E-state index is 13.7. The first-order valence-electron chi connectivity index (χ1n) is 8.94. The number of rotatable bonds is 7. The molecule has 0 aromatic heterocycles. The molecule has 0 fully saturated rings. The number of methoxy groups -OCH3 is 1. The fourth-order valence-corrected chi connectivity index (χ4v) is 2.77. The zero-order valence-corrected chi connectivity index (χ0v) is 16.7. The standard InChI is InChI=1S/C21H29FN4O/c1-15-6-7-16(12-19(15)22)13-24-21(23-2)25-14-20(26(3)4)17-8-10-18(27-5)11-9-17/h6-12,20H,13-14H2,1-5H3,(H2,23,24,25). The molecule has 1 atom stereocenters. The summed E-state index contributed by atoms with van der Waals surface area (Å²) >= 11 is 0. The highest BCUT2D eigenvalue weighted by molar-refractivity contribution is 5.79. The molecule has 146 valence electrons. The summed E-state index contributed by atoms with van der Waals surface area (Å²) in [6, 6.07) is 13.5. The zero-order valence-electron chi connectivity index (χ0n) is 16.7. The van der Waals surface area contributed by atoms with E-state index in [1.165, 1.54) is 5.56 Å². The van der Waals surface area contributed by atoms with E-state index in [1.54, 1.807) is 33.2 Å². The summed E-state index contributed by atoms with van der Waals surface area (Å²) in [6.45, 7) is 2.95. The Bertz CT molecular complexity index is 759. The Morgan fingerprint density at radius 2 is 1.85 bits per heavy atom. The lowest BCUT2D eigenvalue weighted by Gasteiger charge is -2.26. The zero-order chi connectivity index (χ0) is 19.8. The van der Waals surface area contributed by atoms with Crippen molar-refractivity contribution in [3.05, 3.63) is 65.0 Å². The van der Waals surface area contributed by atoms with Gasteiger partial charge in [-0.1, -0.05) is 24.3 Å². The first-order valence-corrected chi connectivity index (χ1v) is 8.94. The molecule has 0 bridgehead atoms. The number of hydrogen-bond donors (Lipinski definition) is 2. The molecule has 27 heavy (non-hydrogen) atoms. The van der Waals surface area contributed by atoms with Gasteiger partial charge in [0.05, 0.1) is 13.2 Å². The number of hydrogen-bond acceptors (Lipinski definition) is 3. The molecule has 5 nitrogen and oxygen atoms in total. The van der Waals surface area contributed by atoms with Gasteiger partial charge in [0.15, 0.2) is 5.96 Å². The Hall–Kier alpha value is -2.60. The summed E-state index contributed by atoms with van der Waals surface area (Å²) in [4.78, 5) is 6.41. The summed E-state index contributed by atoms with van der Waals surface area (Å²) in [5.74, 6) is 1.33. The number of likely N-dealkylation sites (N-methyl/N-ethyl adjacent to an activating group) is 1. The second-order valence-corrected chi connectivity index (χ2v) is 6.64. The van der Waals surface area contributed by atoms with E-state index in [0.717, 1.165) is 11.3 Å². The van der Waals surface area contributed by atoms with E-state index in [9.17, 15) is 4.39 Å². The van der Waals surface area contributed by atoms with Gasteiger partial charge in [-0.25, -0.2) is 4.39 Å². The lowest BCUT2D eigenvalue weighted by molar-refractivity contribution is 0.298.